The molecule has 0 aromatic rings. The second-order valence-electron chi connectivity index (χ2n) is 5.47. The Labute approximate surface area is 87.7 Å². The number of amides is 1. The molecular weight excluding hydrogens is 174 g/mol. The maximum absolute atomic E-state index is 12.1. The molecule has 0 aliphatic carbocycles. The van der Waals surface area contributed by atoms with Gasteiger partial charge in [0.05, 0.1) is 5.41 Å². The normalized spacial score (nSPS) is 33.6. The Kier molecular flexibility index (Phi) is 2.93. The summed E-state index contributed by atoms with van der Waals surface area (Å²) in [5.41, 5.74) is -0.150. The maximum atomic E-state index is 12.1. The molecule has 82 valence electrons. The van der Waals surface area contributed by atoms with Gasteiger partial charge >= 0.3 is 0 Å². The van der Waals surface area contributed by atoms with Crippen LogP contribution in [0, 0.1) is 23.2 Å². The second kappa shape index (κ2) is 3.56. The van der Waals surface area contributed by atoms with E-state index in [1.54, 1.807) is 0 Å². The van der Waals surface area contributed by atoms with E-state index in [1.807, 2.05) is 11.9 Å². The highest BCUT2D eigenvalue weighted by Gasteiger charge is 2.51. The fraction of sp³-hybridized carbons (Fsp3) is 0.917. The van der Waals surface area contributed by atoms with E-state index in [-0.39, 0.29) is 5.41 Å². The van der Waals surface area contributed by atoms with E-state index in [0.717, 1.165) is 6.54 Å². The second-order valence-corrected chi connectivity index (χ2v) is 5.47. The van der Waals surface area contributed by atoms with Crippen LogP contribution >= 0.6 is 0 Å². The number of likely N-dealkylation sites (tertiary alicyclic amines) is 1. The first-order valence-electron chi connectivity index (χ1n) is 5.57. The molecule has 14 heavy (non-hydrogen) atoms. The van der Waals surface area contributed by atoms with Crippen molar-refractivity contribution in [1.29, 1.82) is 0 Å². The summed E-state index contributed by atoms with van der Waals surface area (Å²) in [4.78, 5) is 14.0. The lowest BCUT2D eigenvalue weighted by Crippen LogP contribution is -2.39. The summed E-state index contributed by atoms with van der Waals surface area (Å²) in [5.74, 6) is 1.83. The Morgan fingerprint density at radius 2 is 1.86 bits per heavy atom. The fourth-order valence-electron chi connectivity index (χ4n) is 2.72. The first kappa shape index (κ1) is 11.5. The summed E-state index contributed by atoms with van der Waals surface area (Å²) in [6.07, 6.45) is 0. The van der Waals surface area contributed by atoms with Crippen molar-refractivity contribution in [2.45, 2.75) is 34.6 Å². The van der Waals surface area contributed by atoms with Crippen LogP contribution in [0.1, 0.15) is 34.6 Å². The summed E-state index contributed by atoms with van der Waals surface area (Å²) < 4.78 is 0. The number of hydrogen-bond donors (Lipinski definition) is 0. The SMILES string of the molecule is CC(C)C1CN(C)C(=O)C1(C)C(C)C. The highest BCUT2D eigenvalue weighted by molar-refractivity contribution is 5.85. The zero-order valence-corrected chi connectivity index (χ0v) is 10.3. The molecule has 1 rings (SSSR count). The van der Waals surface area contributed by atoms with E-state index in [0.29, 0.717) is 23.7 Å². The summed E-state index contributed by atoms with van der Waals surface area (Å²) in [6.45, 7) is 11.8. The zero-order chi connectivity index (χ0) is 11.1. The van der Waals surface area contributed by atoms with Crippen LogP contribution in [0.5, 0.6) is 0 Å². The minimum Gasteiger partial charge on any atom is -0.345 e. The number of hydrogen-bond acceptors (Lipinski definition) is 1. The molecule has 1 saturated heterocycles. The summed E-state index contributed by atoms with van der Waals surface area (Å²) >= 11 is 0. The molecule has 2 nitrogen and oxygen atoms in total. The third-order valence-electron chi connectivity index (χ3n) is 4.05. The van der Waals surface area contributed by atoms with Crippen LogP contribution in [0.4, 0.5) is 0 Å². The van der Waals surface area contributed by atoms with E-state index in [1.165, 1.54) is 0 Å². The van der Waals surface area contributed by atoms with Crippen LogP contribution in [0.15, 0.2) is 0 Å². The standard InChI is InChI=1S/C12H23NO/c1-8(2)10-7-13(6)11(14)12(10,5)9(3)4/h8-10H,7H2,1-6H3. The van der Waals surface area contributed by atoms with Crippen molar-refractivity contribution in [3.05, 3.63) is 0 Å². The van der Waals surface area contributed by atoms with Crippen LogP contribution in [0.3, 0.4) is 0 Å². The molecule has 1 amide bonds. The lowest BCUT2D eigenvalue weighted by molar-refractivity contribution is -0.137. The molecule has 0 radical (unpaired) electrons. The lowest BCUT2D eigenvalue weighted by Gasteiger charge is -2.34. The predicted molar refractivity (Wildman–Crippen MR) is 58.9 cm³/mol. The molecule has 1 heterocycles. The van der Waals surface area contributed by atoms with Crippen LogP contribution in [0.25, 0.3) is 0 Å². The smallest absolute Gasteiger partial charge is 0.228 e. The van der Waals surface area contributed by atoms with Crippen molar-refractivity contribution in [3.8, 4) is 0 Å². The summed E-state index contributed by atoms with van der Waals surface area (Å²) in [5, 5.41) is 0. The van der Waals surface area contributed by atoms with Gasteiger partial charge in [-0.1, -0.05) is 34.6 Å². The zero-order valence-electron chi connectivity index (χ0n) is 10.3. The van der Waals surface area contributed by atoms with E-state index in [9.17, 15) is 4.79 Å². The summed E-state index contributed by atoms with van der Waals surface area (Å²) in [7, 11) is 1.92. The monoisotopic (exact) mass is 197 g/mol. The molecular formula is C12H23NO. The predicted octanol–water partition coefficient (Wildman–Crippen LogP) is 2.39. The summed E-state index contributed by atoms with van der Waals surface area (Å²) in [6, 6.07) is 0. The van der Waals surface area contributed by atoms with Gasteiger partial charge in [-0.15, -0.1) is 0 Å². The molecule has 0 saturated carbocycles. The third kappa shape index (κ3) is 1.45. The topological polar surface area (TPSA) is 20.3 Å². The van der Waals surface area contributed by atoms with Crippen LogP contribution in [0.2, 0.25) is 0 Å². The highest BCUT2D eigenvalue weighted by Crippen LogP contribution is 2.45. The van der Waals surface area contributed by atoms with Gasteiger partial charge in [0, 0.05) is 13.6 Å². The van der Waals surface area contributed by atoms with E-state index in [4.69, 9.17) is 0 Å². The molecule has 0 aromatic carbocycles. The van der Waals surface area contributed by atoms with Crippen LogP contribution in [-0.2, 0) is 4.79 Å². The number of carbonyl (C=O) groups is 1. The first-order chi connectivity index (χ1) is 6.31. The molecule has 0 spiro atoms. The van der Waals surface area contributed by atoms with Crippen molar-refractivity contribution in [1.82, 2.24) is 4.90 Å². The molecule has 1 aliphatic heterocycles. The van der Waals surface area contributed by atoms with Crippen LogP contribution < -0.4 is 0 Å². The Bertz CT molecular complexity index is 234. The molecule has 2 unspecified atom stereocenters. The van der Waals surface area contributed by atoms with Gasteiger partial charge in [-0.25, -0.2) is 0 Å². The Balaban J connectivity index is 3.04. The van der Waals surface area contributed by atoms with E-state index in [2.05, 4.69) is 34.6 Å². The van der Waals surface area contributed by atoms with Crippen LogP contribution in [-0.4, -0.2) is 24.4 Å². The molecule has 1 aliphatic rings. The van der Waals surface area contributed by atoms with E-state index < -0.39 is 0 Å². The van der Waals surface area contributed by atoms with Crippen molar-refractivity contribution in [2.75, 3.05) is 13.6 Å². The van der Waals surface area contributed by atoms with Gasteiger partial charge in [0.1, 0.15) is 0 Å². The fourth-order valence-corrected chi connectivity index (χ4v) is 2.72. The van der Waals surface area contributed by atoms with Crippen molar-refractivity contribution < 1.29 is 4.79 Å². The van der Waals surface area contributed by atoms with Gasteiger partial charge in [-0.3, -0.25) is 4.79 Å². The van der Waals surface area contributed by atoms with Gasteiger partial charge < -0.3 is 4.90 Å². The quantitative estimate of drug-likeness (QED) is 0.665. The van der Waals surface area contributed by atoms with Gasteiger partial charge in [0.2, 0.25) is 5.91 Å². The Hall–Kier alpha value is -0.530. The number of rotatable bonds is 2. The lowest BCUT2D eigenvalue weighted by atomic mass is 9.67. The molecule has 1 fully saturated rings. The average molecular weight is 197 g/mol. The minimum atomic E-state index is -0.150. The number of carbonyl (C=O) groups excluding carboxylic acids is 1. The average Bonchev–Trinajstić information content (AvgIpc) is 2.31. The van der Waals surface area contributed by atoms with E-state index >= 15 is 0 Å². The minimum absolute atomic E-state index is 0.150. The molecule has 2 heteroatoms. The number of nitrogens with zero attached hydrogens (tertiary/aromatic N) is 1. The van der Waals surface area contributed by atoms with Crippen molar-refractivity contribution in [2.24, 2.45) is 23.2 Å². The highest BCUT2D eigenvalue weighted by atomic mass is 16.2. The third-order valence-corrected chi connectivity index (χ3v) is 4.05. The van der Waals surface area contributed by atoms with Gasteiger partial charge in [-0.2, -0.15) is 0 Å². The molecule has 0 aromatic heterocycles. The molecule has 0 N–H and O–H groups in total. The van der Waals surface area contributed by atoms with Crippen molar-refractivity contribution in [3.63, 3.8) is 0 Å². The molecule has 0 bridgehead atoms. The van der Waals surface area contributed by atoms with Gasteiger partial charge in [-0.05, 0) is 17.8 Å². The van der Waals surface area contributed by atoms with Crippen molar-refractivity contribution >= 4 is 5.91 Å². The Morgan fingerprint density at radius 1 is 1.36 bits per heavy atom. The first-order valence-corrected chi connectivity index (χ1v) is 5.57. The maximum Gasteiger partial charge on any atom is 0.228 e. The Morgan fingerprint density at radius 3 is 2.14 bits per heavy atom. The van der Waals surface area contributed by atoms with Gasteiger partial charge in [0.15, 0.2) is 0 Å². The molecule has 2 atom stereocenters. The largest absolute Gasteiger partial charge is 0.345 e. The van der Waals surface area contributed by atoms with Gasteiger partial charge in [0.25, 0.3) is 0 Å².